The first-order valence-electron chi connectivity index (χ1n) is 10.4. The highest BCUT2D eigenvalue weighted by Gasteiger charge is 2.47. The lowest BCUT2D eigenvalue weighted by Gasteiger charge is -2.33. The fourth-order valence-electron chi connectivity index (χ4n) is 4.47. The number of alkyl halides is 3. The number of anilines is 2. The second-order valence-electron chi connectivity index (χ2n) is 8.09. The monoisotopic (exact) mass is 504 g/mol. The van der Waals surface area contributed by atoms with Gasteiger partial charge in [0.1, 0.15) is 5.82 Å². The molecule has 5 rings (SSSR count). The lowest BCUT2D eigenvalue weighted by atomic mass is 9.97. The summed E-state index contributed by atoms with van der Waals surface area (Å²) in [6.07, 6.45) is -3.04. The number of carbonyl (C=O) groups is 1. The summed E-state index contributed by atoms with van der Waals surface area (Å²) in [5.74, 6) is -0.192. The van der Waals surface area contributed by atoms with E-state index in [-0.39, 0.29) is 23.8 Å². The number of halogens is 4. The summed E-state index contributed by atoms with van der Waals surface area (Å²) in [7, 11) is 0. The Kier molecular flexibility index (Phi) is 5.23. The first kappa shape index (κ1) is 21.1. The highest BCUT2D eigenvalue weighted by Crippen LogP contribution is 2.44. The van der Waals surface area contributed by atoms with Crippen molar-refractivity contribution in [3.05, 3.63) is 75.9 Å². The van der Waals surface area contributed by atoms with Gasteiger partial charge in [0.25, 0.3) is 5.91 Å². The maximum Gasteiger partial charge on any atom is 0.410 e. The molecule has 0 fully saturated rings. The third kappa shape index (κ3) is 3.79. The highest BCUT2D eigenvalue weighted by atomic mass is 79.9. The first-order valence-corrected chi connectivity index (χ1v) is 11.2. The molecule has 166 valence electrons. The Morgan fingerprint density at radius 1 is 1.12 bits per heavy atom. The number of amides is 1. The maximum absolute atomic E-state index is 13.9. The molecule has 32 heavy (non-hydrogen) atoms. The van der Waals surface area contributed by atoms with Crippen molar-refractivity contribution < 1.29 is 18.0 Å². The number of hydrogen-bond acceptors (Lipinski definition) is 3. The summed E-state index contributed by atoms with van der Waals surface area (Å²) < 4.78 is 43.6. The summed E-state index contributed by atoms with van der Waals surface area (Å²) >= 11 is 3.35. The van der Waals surface area contributed by atoms with Crippen molar-refractivity contribution in [1.29, 1.82) is 0 Å². The van der Waals surface area contributed by atoms with Crippen molar-refractivity contribution in [2.75, 3.05) is 16.8 Å². The van der Waals surface area contributed by atoms with Gasteiger partial charge in [-0.3, -0.25) is 4.79 Å². The summed E-state index contributed by atoms with van der Waals surface area (Å²) in [5.41, 5.74) is 2.60. The molecule has 2 aliphatic rings. The van der Waals surface area contributed by atoms with Crippen molar-refractivity contribution in [2.45, 2.75) is 37.5 Å². The predicted molar refractivity (Wildman–Crippen MR) is 119 cm³/mol. The number of aryl methyl sites for hydroxylation is 1. The van der Waals surface area contributed by atoms with E-state index in [0.717, 1.165) is 38.8 Å². The van der Waals surface area contributed by atoms with E-state index >= 15 is 0 Å². The third-order valence-corrected chi connectivity index (χ3v) is 6.57. The predicted octanol–water partition coefficient (Wildman–Crippen LogP) is 5.90. The molecule has 0 radical (unpaired) electrons. The second kappa shape index (κ2) is 7.95. The van der Waals surface area contributed by atoms with Crippen LogP contribution in [0.2, 0.25) is 0 Å². The molecular formula is C23H20BrF3N4O. The second-order valence-corrected chi connectivity index (χ2v) is 9.01. The Balaban J connectivity index is 1.50. The lowest BCUT2D eigenvalue weighted by molar-refractivity contribution is -0.173. The number of rotatable bonds is 2. The molecule has 1 N–H and O–H groups in total. The van der Waals surface area contributed by atoms with E-state index in [1.165, 1.54) is 6.07 Å². The van der Waals surface area contributed by atoms with Crippen LogP contribution in [0.3, 0.4) is 0 Å². The molecule has 2 aliphatic heterocycles. The molecule has 0 saturated carbocycles. The van der Waals surface area contributed by atoms with Crippen molar-refractivity contribution in [2.24, 2.45) is 0 Å². The van der Waals surface area contributed by atoms with Gasteiger partial charge in [-0.05, 0) is 42.2 Å². The number of para-hydroxylation sites is 1. The Bertz CT molecular complexity index is 1160. The van der Waals surface area contributed by atoms with Crippen LogP contribution in [0.15, 0.2) is 59.1 Å². The molecular weight excluding hydrogens is 485 g/mol. The van der Waals surface area contributed by atoms with E-state index in [9.17, 15) is 18.0 Å². The van der Waals surface area contributed by atoms with Crippen LogP contribution >= 0.6 is 15.9 Å². The van der Waals surface area contributed by atoms with Gasteiger partial charge in [-0.15, -0.1) is 0 Å². The molecule has 0 aliphatic carbocycles. The van der Waals surface area contributed by atoms with E-state index < -0.39 is 18.3 Å². The summed E-state index contributed by atoms with van der Waals surface area (Å²) in [6.45, 7) is 0.510. The van der Waals surface area contributed by atoms with Crippen molar-refractivity contribution in [3.8, 4) is 0 Å². The fraction of sp³-hybridized carbons (Fsp3) is 0.304. The van der Waals surface area contributed by atoms with Crippen molar-refractivity contribution in [1.82, 2.24) is 9.78 Å². The van der Waals surface area contributed by atoms with Gasteiger partial charge in [-0.25, -0.2) is 4.68 Å². The average molecular weight is 505 g/mol. The quantitative estimate of drug-likeness (QED) is 0.472. The van der Waals surface area contributed by atoms with E-state index in [1.54, 1.807) is 29.2 Å². The number of nitrogens with one attached hydrogen (secondary N) is 1. The molecule has 0 spiro atoms. The van der Waals surface area contributed by atoms with Crippen LogP contribution in [-0.2, 0) is 6.42 Å². The van der Waals surface area contributed by atoms with Crippen LogP contribution in [0.25, 0.3) is 0 Å². The normalized spacial score (nSPS) is 20.3. The third-order valence-electron chi connectivity index (χ3n) is 6.04. The molecule has 1 aromatic heterocycles. The van der Waals surface area contributed by atoms with E-state index in [0.29, 0.717) is 6.54 Å². The van der Waals surface area contributed by atoms with Gasteiger partial charge in [0, 0.05) is 29.2 Å². The fourth-order valence-corrected chi connectivity index (χ4v) is 4.74. The zero-order valence-corrected chi connectivity index (χ0v) is 18.5. The summed E-state index contributed by atoms with van der Waals surface area (Å²) in [4.78, 5) is 14.9. The maximum atomic E-state index is 13.9. The van der Waals surface area contributed by atoms with Gasteiger partial charge in [-0.1, -0.05) is 46.3 Å². The van der Waals surface area contributed by atoms with Crippen LogP contribution in [0.5, 0.6) is 0 Å². The van der Waals surface area contributed by atoms with Crippen LogP contribution in [0.1, 0.15) is 46.5 Å². The van der Waals surface area contributed by atoms with Crippen LogP contribution in [0, 0.1) is 0 Å². The minimum atomic E-state index is -4.49. The number of carbonyl (C=O) groups excluding carboxylic acids is 1. The lowest BCUT2D eigenvalue weighted by Crippen LogP contribution is -2.37. The minimum Gasteiger partial charge on any atom is -0.363 e. The van der Waals surface area contributed by atoms with Gasteiger partial charge in [-0.2, -0.15) is 18.3 Å². The summed E-state index contributed by atoms with van der Waals surface area (Å²) in [5, 5.41) is 7.27. The molecule has 0 unspecified atom stereocenters. The Morgan fingerprint density at radius 3 is 2.62 bits per heavy atom. The zero-order chi connectivity index (χ0) is 22.5. The van der Waals surface area contributed by atoms with Gasteiger partial charge in [0.15, 0.2) is 11.7 Å². The van der Waals surface area contributed by atoms with Gasteiger partial charge in [0.2, 0.25) is 0 Å². The summed E-state index contributed by atoms with van der Waals surface area (Å²) in [6, 6.07) is 13.9. The van der Waals surface area contributed by atoms with Crippen molar-refractivity contribution in [3.63, 3.8) is 0 Å². The van der Waals surface area contributed by atoms with Crippen LogP contribution in [-0.4, -0.2) is 28.4 Å². The van der Waals surface area contributed by atoms with Crippen molar-refractivity contribution >= 4 is 33.3 Å². The van der Waals surface area contributed by atoms with Gasteiger partial charge < -0.3 is 10.2 Å². The Labute approximate surface area is 191 Å². The topological polar surface area (TPSA) is 50.2 Å². The molecule has 5 nitrogen and oxygen atoms in total. The number of aromatic nitrogens is 2. The number of benzene rings is 2. The van der Waals surface area contributed by atoms with Crippen LogP contribution in [0.4, 0.5) is 24.7 Å². The van der Waals surface area contributed by atoms with Gasteiger partial charge >= 0.3 is 6.18 Å². The molecule has 1 amide bonds. The Hall–Kier alpha value is -2.81. The smallest absolute Gasteiger partial charge is 0.363 e. The highest BCUT2D eigenvalue weighted by molar-refractivity contribution is 9.10. The average Bonchev–Trinajstić information content (AvgIpc) is 3.21. The number of nitrogens with zero attached hydrogens (tertiary/aromatic N) is 3. The van der Waals surface area contributed by atoms with E-state index in [4.69, 9.17) is 0 Å². The molecule has 9 heteroatoms. The zero-order valence-electron chi connectivity index (χ0n) is 16.9. The number of hydrogen-bond donors (Lipinski definition) is 1. The SMILES string of the molecule is O=C(c1cc2n(n1)[C@H](C(F)(F)F)C[C@H](c1ccc(Br)cc1)N2)N1CCCc2ccccc21. The molecule has 2 aromatic carbocycles. The molecule has 0 bridgehead atoms. The molecule has 0 saturated heterocycles. The number of fused-ring (bicyclic) bond motifs is 2. The molecule has 2 atom stereocenters. The standard InChI is InChI=1S/C23H20BrF3N4O/c24-16-9-7-14(8-10-16)17-12-20(23(25,26)27)31-21(28-17)13-18(29-31)22(32)30-11-3-5-15-4-1-2-6-19(15)30/h1-2,4,6-10,13,17,20,28H,3,5,11-12H2/t17-,20+/m1/s1. The Morgan fingerprint density at radius 2 is 1.88 bits per heavy atom. The molecule has 3 heterocycles. The minimum absolute atomic E-state index is 0.00918. The van der Waals surface area contributed by atoms with E-state index in [1.807, 2.05) is 24.3 Å². The van der Waals surface area contributed by atoms with E-state index in [2.05, 4.69) is 26.3 Å². The first-order chi connectivity index (χ1) is 15.3. The largest absolute Gasteiger partial charge is 0.410 e. The molecule has 3 aromatic rings. The van der Waals surface area contributed by atoms with Gasteiger partial charge in [0.05, 0.1) is 6.04 Å². The van der Waals surface area contributed by atoms with Crippen LogP contribution < -0.4 is 10.2 Å².